The number of nitrogen functional groups attached to an aromatic ring is 1. The highest BCUT2D eigenvalue weighted by Gasteiger charge is 2.10. The van der Waals surface area contributed by atoms with E-state index in [9.17, 15) is 0 Å². The molecular weight excluding hydrogens is 216 g/mol. The van der Waals surface area contributed by atoms with Crippen molar-refractivity contribution in [3.63, 3.8) is 0 Å². The van der Waals surface area contributed by atoms with Crippen LogP contribution in [-0.4, -0.2) is 14.8 Å². The van der Waals surface area contributed by atoms with Gasteiger partial charge in [0, 0.05) is 11.8 Å². The number of furan rings is 1. The van der Waals surface area contributed by atoms with E-state index in [2.05, 4.69) is 10.1 Å². The second kappa shape index (κ2) is 3.79. The minimum absolute atomic E-state index is 0.594. The van der Waals surface area contributed by atoms with Crippen LogP contribution in [0, 0.1) is 0 Å². The molecule has 3 aromatic heterocycles. The number of hydrogen-bond acceptors (Lipinski definition) is 4. The van der Waals surface area contributed by atoms with Crippen molar-refractivity contribution in [1.29, 1.82) is 0 Å². The summed E-state index contributed by atoms with van der Waals surface area (Å²) in [7, 11) is 0. The summed E-state index contributed by atoms with van der Waals surface area (Å²) in [4.78, 5) is 4.21. The van der Waals surface area contributed by atoms with Gasteiger partial charge in [-0.2, -0.15) is 5.10 Å². The molecule has 0 saturated heterocycles. The third-order valence-electron chi connectivity index (χ3n) is 2.42. The van der Waals surface area contributed by atoms with Gasteiger partial charge in [-0.15, -0.1) is 0 Å². The minimum atomic E-state index is 0.594. The molecule has 3 heterocycles. The van der Waals surface area contributed by atoms with Gasteiger partial charge in [0.15, 0.2) is 5.82 Å². The summed E-state index contributed by atoms with van der Waals surface area (Å²) in [6.07, 6.45) is 6.66. The Morgan fingerprint density at radius 3 is 2.88 bits per heavy atom. The molecule has 0 atom stereocenters. The molecule has 0 saturated carbocycles. The Morgan fingerprint density at radius 1 is 1.24 bits per heavy atom. The highest BCUT2D eigenvalue weighted by atomic mass is 16.3. The van der Waals surface area contributed by atoms with Crippen molar-refractivity contribution in [2.45, 2.75) is 0 Å². The van der Waals surface area contributed by atoms with E-state index in [1.165, 1.54) is 0 Å². The van der Waals surface area contributed by atoms with Crippen LogP contribution < -0.4 is 5.73 Å². The molecule has 3 aromatic rings. The molecule has 0 bridgehead atoms. The molecule has 3 rings (SSSR count). The Kier molecular flexibility index (Phi) is 2.15. The zero-order chi connectivity index (χ0) is 11.7. The molecule has 0 radical (unpaired) electrons. The van der Waals surface area contributed by atoms with Crippen molar-refractivity contribution < 1.29 is 4.42 Å². The molecule has 0 spiro atoms. The molecule has 0 aliphatic heterocycles. The summed E-state index contributed by atoms with van der Waals surface area (Å²) in [6.45, 7) is 0. The van der Waals surface area contributed by atoms with Crippen LogP contribution >= 0.6 is 0 Å². The third kappa shape index (κ3) is 1.67. The van der Waals surface area contributed by atoms with Crippen molar-refractivity contribution in [3.8, 4) is 17.1 Å². The van der Waals surface area contributed by atoms with Crippen molar-refractivity contribution >= 4 is 5.69 Å². The van der Waals surface area contributed by atoms with E-state index < -0.39 is 0 Å². The van der Waals surface area contributed by atoms with Crippen LogP contribution in [0.3, 0.4) is 0 Å². The quantitative estimate of drug-likeness (QED) is 0.726. The Hall–Kier alpha value is -2.56. The second-order valence-electron chi connectivity index (χ2n) is 3.58. The normalized spacial score (nSPS) is 10.6. The average molecular weight is 226 g/mol. The smallest absolute Gasteiger partial charge is 0.153 e. The number of hydrogen-bond donors (Lipinski definition) is 1. The first-order valence-electron chi connectivity index (χ1n) is 5.14. The number of nitrogens with two attached hydrogens (primary N) is 1. The van der Waals surface area contributed by atoms with E-state index in [1.54, 1.807) is 29.6 Å². The number of rotatable bonds is 2. The summed E-state index contributed by atoms with van der Waals surface area (Å²) >= 11 is 0. The van der Waals surface area contributed by atoms with Crippen molar-refractivity contribution in [1.82, 2.24) is 14.8 Å². The van der Waals surface area contributed by atoms with Gasteiger partial charge >= 0.3 is 0 Å². The van der Waals surface area contributed by atoms with Crippen LogP contribution in [0.2, 0.25) is 0 Å². The van der Waals surface area contributed by atoms with Crippen LogP contribution in [-0.2, 0) is 0 Å². The number of nitrogens with zero attached hydrogens (tertiary/aromatic N) is 3. The molecule has 0 amide bonds. The lowest BCUT2D eigenvalue weighted by atomic mass is 10.2. The fourth-order valence-electron chi connectivity index (χ4n) is 1.62. The van der Waals surface area contributed by atoms with Crippen LogP contribution in [0.25, 0.3) is 17.1 Å². The van der Waals surface area contributed by atoms with E-state index in [-0.39, 0.29) is 0 Å². The molecule has 0 fully saturated rings. The van der Waals surface area contributed by atoms with Gasteiger partial charge in [0.25, 0.3) is 0 Å². The number of aromatic nitrogens is 3. The maximum absolute atomic E-state index is 5.92. The first-order valence-corrected chi connectivity index (χ1v) is 5.14. The fourth-order valence-corrected chi connectivity index (χ4v) is 1.62. The van der Waals surface area contributed by atoms with Crippen LogP contribution in [0.1, 0.15) is 0 Å². The standard InChI is InChI=1S/C12H10N4O/c13-10-7-16(11-3-1-2-5-14-11)15-12(10)9-4-6-17-8-9/h1-8H,13H2. The summed E-state index contributed by atoms with van der Waals surface area (Å²) in [6, 6.07) is 7.44. The SMILES string of the molecule is Nc1cn(-c2ccccn2)nc1-c1ccoc1. The third-order valence-corrected chi connectivity index (χ3v) is 2.42. The van der Waals surface area contributed by atoms with Crippen LogP contribution in [0.5, 0.6) is 0 Å². The highest BCUT2D eigenvalue weighted by Crippen LogP contribution is 2.25. The molecular formula is C12H10N4O. The van der Waals surface area contributed by atoms with Crippen molar-refractivity contribution in [3.05, 3.63) is 49.2 Å². The molecule has 0 unspecified atom stereocenters. The Bertz CT molecular complexity index is 613. The highest BCUT2D eigenvalue weighted by molar-refractivity contribution is 5.71. The van der Waals surface area contributed by atoms with Crippen LogP contribution in [0.4, 0.5) is 5.69 Å². The first-order chi connectivity index (χ1) is 8.34. The summed E-state index contributed by atoms with van der Waals surface area (Å²) in [5.41, 5.74) is 8.07. The molecule has 0 aromatic carbocycles. The summed E-state index contributed by atoms with van der Waals surface area (Å²) < 4.78 is 6.67. The van der Waals surface area contributed by atoms with E-state index >= 15 is 0 Å². The monoisotopic (exact) mass is 226 g/mol. The largest absolute Gasteiger partial charge is 0.472 e. The molecule has 84 valence electrons. The van der Waals surface area contributed by atoms with Gasteiger partial charge in [-0.25, -0.2) is 9.67 Å². The van der Waals surface area contributed by atoms with E-state index in [0.29, 0.717) is 11.4 Å². The lowest BCUT2D eigenvalue weighted by molar-refractivity contribution is 0.568. The lowest BCUT2D eigenvalue weighted by Crippen LogP contribution is -1.96. The van der Waals surface area contributed by atoms with Crippen molar-refractivity contribution in [2.24, 2.45) is 0 Å². The molecule has 5 nitrogen and oxygen atoms in total. The molecule has 0 aliphatic rings. The minimum Gasteiger partial charge on any atom is -0.472 e. The van der Waals surface area contributed by atoms with Gasteiger partial charge in [-0.3, -0.25) is 0 Å². The summed E-state index contributed by atoms with van der Waals surface area (Å²) in [5.74, 6) is 0.731. The van der Waals surface area contributed by atoms with Crippen LogP contribution in [0.15, 0.2) is 53.6 Å². The van der Waals surface area contributed by atoms with E-state index in [4.69, 9.17) is 10.2 Å². The zero-order valence-corrected chi connectivity index (χ0v) is 8.95. The number of pyridine rings is 1. The van der Waals surface area contributed by atoms with Crippen molar-refractivity contribution in [2.75, 3.05) is 5.73 Å². The van der Waals surface area contributed by atoms with E-state index in [0.717, 1.165) is 11.4 Å². The molecule has 17 heavy (non-hydrogen) atoms. The topological polar surface area (TPSA) is 69.9 Å². The van der Waals surface area contributed by atoms with Gasteiger partial charge in [0.1, 0.15) is 5.69 Å². The summed E-state index contributed by atoms with van der Waals surface area (Å²) in [5, 5.41) is 4.39. The van der Waals surface area contributed by atoms with E-state index in [1.807, 2.05) is 24.3 Å². The molecule has 0 aliphatic carbocycles. The zero-order valence-electron chi connectivity index (χ0n) is 8.95. The molecule has 2 N–H and O–H groups in total. The van der Waals surface area contributed by atoms with Gasteiger partial charge in [0.05, 0.1) is 24.4 Å². The Balaban J connectivity index is 2.08. The molecule has 5 heteroatoms. The first kappa shape index (κ1) is 9.65. The predicted octanol–water partition coefficient (Wildman–Crippen LogP) is 2.11. The fraction of sp³-hybridized carbons (Fsp3) is 0. The Labute approximate surface area is 97.5 Å². The Morgan fingerprint density at radius 2 is 2.18 bits per heavy atom. The van der Waals surface area contributed by atoms with Gasteiger partial charge in [-0.1, -0.05) is 6.07 Å². The second-order valence-corrected chi connectivity index (χ2v) is 3.58. The van der Waals surface area contributed by atoms with Gasteiger partial charge < -0.3 is 10.2 Å². The van der Waals surface area contributed by atoms with Gasteiger partial charge in [0.2, 0.25) is 0 Å². The van der Waals surface area contributed by atoms with Gasteiger partial charge in [-0.05, 0) is 18.2 Å². The maximum Gasteiger partial charge on any atom is 0.153 e. The maximum atomic E-state index is 5.92. The predicted molar refractivity (Wildman–Crippen MR) is 63.5 cm³/mol. The lowest BCUT2D eigenvalue weighted by Gasteiger charge is -1.97. The average Bonchev–Trinajstić information content (AvgIpc) is 2.99. The number of anilines is 1.